The Morgan fingerprint density at radius 1 is 1.32 bits per heavy atom. The van der Waals surface area contributed by atoms with Crippen LogP contribution in [0.4, 0.5) is 10.5 Å². The smallest absolute Gasteiger partial charge is 0.322 e. The maximum atomic E-state index is 12.9. The van der Waals surface area contributed by atoms with E-state index in [9.17, 15) is 9.90 Å². The molecule has 2 aliphatic rings. The van der Waals surface area contributed by atoms with E-state index in [4.69, 9.17) is 4.74 Å². The van der Waals surface area contributed by atoms with E-state index in [0.29, 0.717) is 26.2 Å². The normalized spacial score (nSPS) is 20.7. The fourth-order valence-electron chi connectivity index (χ4n) is 4.05. The van der Waals surface area contributed by atoms with E-state index in [2.05, 4.69) is 29.6 Å². The lowest BCUT2D eigenvalue weighted by Crippen LogP contribution is -2.51. The molecular formula is C20H24N2O3. The molecule has 0 aromatic heterocycles. The zero-order valence-electron chi connectivity index (χ0n) is 14.5. The van der Waals surface area contributed by atoms with Crippen LogP contribution in [0.1, 0.15) is 24.5 Å². The molecule has 1 saturated heterocycles. The van der Waals surface area contributed by atoms with Gasteiger partial charge < -0.3 is 20.1 Å². The maximum absolute atomic E-state index is 12.9. The molecule has 0 spiro atoms. The van der Waals surface area contributed by atoms with Gasteiger partial charge in [-0.1, -0.05) is 24.3 Å². The van der Waals surface area contributed by atoms with Gasteiger partial charge in [-0.25, -0.2) is 4.79 Å². The molecule has 132 valence electrons. The highest BCUT2D eigenvalue weighted by atomic mass is 16.5. The summed E-state index contributed by atoms with van der Waals surface area (Å²) in [6, 6.07) is 10.2. The van der Waals surface area contributed by atoms with Gasteiger partial charge in [0.25, 0.3) is 0 Å². The van der Waals surface area contributed by atoms with Crippen molar-refractivity contribution in [2.75, 3.05) is 25.1 Å². The molecule has 2 N–H and O–H groups in total. The van der Waals surface area contributed by atoms with Gasteiger partial charge in [-0.15, -0.1) is 0 Å². The first-order valence-electron chi connectivity index (χ1n) is 9.00. The second-order valence-electron chi connectivity index (χ2n) is 7.05. The Balaban J connectivity index is 1.60. The van der Waals surface area contributed by atoms with Crippen molar-refractivity contribution < 1.29 is 14.6 Å². The lowest BCUT2D eigenvalue weighted by Gasteiger charge is -2.36. The number of amides is 2. The molecule has 25 heavy (non-hydrogen) atoms. The molecule has 5 nitrogen and oxygen atoms in total. The number of rotatable bonds is 3. The number of anilines is 1. The molecule has 1 heterocycles. The number of carbonyl (C=O) groups is 1. The Labute approximate surface area is 147 Å². The molecule has 5 heteroatoms. The van der Waals surface area contributed by atoms with Crippen LogP contribution in [-0.4, -0.2) is 47.9 Å². The van der Waals surface area contributed by atoms with E-state index in [1.807, 2.05) is 6.07 Å². The molecule has 0 saturated carbocycles. The van der Waals surface area contributed by atoms with Crippen molar-refractivity contribution in [2.45, 2.75) is 38.3 Å². The topological polar surface area (TPSA) is 61.8 Å². The summed E-state index contributed by atoms with van der Waals surface area (Å²) in [6.07, 6.45) is 2.21. The zero-order valence-corrected chi connectivity index (χ0v) is 14.5. The molecule has 1 fully saturated rings. The molecule has 0 bridgehead atoms. The summed E-state index contributed by atoms with van der Waals surface area (Å²) in [5.74, 6) is 0. The van der Waals surface area contributed by atoms with E-state index in [1.54, 1.807) is 11.8 Å². The highest BCUT2D eigenvalue weighted by Gasteiger charge is 2.29. The van der Waals surface area contributed by atoms with Gasteiger partial charge in [0.15, 0.2) is 0 Å². The van der Waals surface area contributed by atoms with Gasteiger partial charge >= 0.3 is 6.03 Å². The lowest BCUT2D eigenvalue weighted by atomic mass is 10.0. The summed E-state index contributed by atoms with van der Waals surface area (Å²) in [4.78, 5) is 14.7. The lowest BCUT2D eigenvalue weighted by molar-refractivity contribution is -0.00159. The summed E-state index contributed by atoms with van der Waals surface area (Å²) < 4.78 is 5.49. The van der Waals surface area contributed by atoms with Crippen molar-refractivity contribution in [3.8, 4) is 0 Å². The maximum Gasteiger partial charge on any atom is 0.322 e. The second kappa shape index (κ2) is 6.65. The van der Waals surface area contributed by atoms with Gasteiger partial charge in [0.1, 0.15) is 0 Å². The zero-order chi connectivity index (χ0) is 17.4. The van der Waals surface area contributed by atoms with Gasteiger partial charge in [-0.3, -0.25) is 0 Å². The molecule has 1 aliphatic heterocycles. The Hall–Kier alpha value is -2.11. The molecule has 2 aromatic carbocycles. The fourth-order valence-corrected chi connectivity index (χ4v) is 4.05. The standard InChI is InChI=1S/C20H24N2O3/c1-13(23)11-16-12-25-10-9-22(16)20(24)21-18-8-7-15-6-5-14-3-2-4-17(18)19(14)15/h2-4,7-8,13,16,23H,5-6,9-12H2,1H3,(H,21,24)/t13-,16+/m0/s1. The first-order chi connectivity index (χ1) is 12.1. The van der Waals surface area contributed by atoms with Crippen LogP contribution >= 0.6 is 0 Å². The van der Waals surface area contributed by atoms with Crippen LogP contribution < -0.4 is 5.32 Å². The average molecular weight is 340 g/mol. The van der Waals surface area contributed by atoms with Crippen LogP contribution in [0, 0.1) is 0 Å². The van der Waals surface area contributed by atoms with Crippen molar-refractivity contribution in [2.24, 2.45) is 0 Å². The highest BCUT2D eigenvalue weighted by molar-refractivity contribution is 6.04. The predicted molar refractivity (Wildman–Crippen MR) is 98.0 cm³/mol. The number of aliphatic hydroxyl groups excluding tert-OH is 1. The van der Waals surface area contributed by atoms with Crippen LogP contribution in [0.15, 0.2) is 30.3 Å². The first kappa shape index (κ1) is 16.4. The van der Waals surface area contributed by atoms with Crippen molar-refractivity contribution in [1.82, 2.24) is 4.90 Å². The fraction of sp³-hybridized carbons (Fsp3) is 0.450. The third-order valence-electron chi connectivity index (χ3n) is 5.22. The van der Waals surface area contributed by atoms with E-state index < -0.39 is 6.10 Å². The van der Waals surface area contributed by atoms with Crippen molar-refractivity contribution >= 4 is 22.5 Å². The molecule has 2 aromatic rings. The summed E-state index contributed by atoms with van der Waals surface area (Å²) in [5, 5.41) is 15.2. The van der Waals surface area contributed by atoms with Crippen molar-refractivity contribution in [1.29, 1.82) is 0 Å². The number of morpholine rings is 1. The van der Waals surface area contributed by atoms with Gasteiger partial charge in [-0.05, 0) is 48.8 Å². The number of nitrogens with zero attached hydrogens (tertiary/aromatic N) is 1. The summed E-state index contributed by atoms with van der Waals surface area (Å²) in [6.45, 7) is 3.30. The quantitative estimate of drug-likeness (QED) is 0.903. The molecule has 2 atom stereocenters. The van der Waals surface area contributed by atoms with Crippen LogP contribution in [0.25, 0.3) is 10.8 Å². The Kier molecular flexibility index (Phi) is 4.36. The minimum absolute atomic E-state index is 0.0921. The highest BCUT2D eigenvalue weighted by Crippen LogP contribution is 2.35. The first-order valence-corrected chi connectivity index (χ1v) is 9.00. The number of hydrogen-bond donors (Lipinski definition) is 2. The largest absolute Gasteiger partial charge is 0.393 e. The van der Waals surface area contributed by atoms with Crippen molar-refractivity contribution in [3.63, 3.8) is 0 Å². The molecule has 2 amide bonds. The number of nitrogens with one attached hydrogen (secondary N) is 1. The average Bonchev–Trinajstić information content (AvgIpc) is 3.02. The third-order valence-corrected chi connectivity index (χ3v) is 5.22. The number of urea groups is 1. The Morgan fingerprint density at radius 3 is 2.92 bits per heavy atom. The number of ether oxygens (including phenoxy) is 1. The number of carbonyl (C=O) groups excluding carboxylic acids is 1. The minimum Gasteiger partial charge on any atom is -0.393 e. The molecular weight excluding hydrogens is 316 g/mol. The van der Waals surface area contributed by atoms with E-state index in [1.165, 1.54) is 16.5 Å². The van der Waals surface area contributed by atoms with Gasteiger partial charge in [-0.2, -0.15) is 0 Å². The summed E-state index contributed by atoms with van der Waals surface area (Å²) in [7, 11) is 0. The Bertz CT molecular complexity index is 793. The Morgan fingerprint density at radius 2 is 2.12 bits per heavy atom. The van der Waals surface area contributed by atoms with E-state index >= 15 is 0 Å². The second-order valence-corrected chi connectivity index (χ2v) is 7.05. The number of benzene rings is 2. The summed E-state index contributed by atoms with van der Waals surface area (Å²) in [5.41, 5.74) is 3.58. The third kappa shape index (κ3) is 3.10. The molecule has 4 rings (SSSR count). The van der Waals surface area contributed by atoms with Crippen molar-refractivity contribution in [3.05, 3.63) is 41.5 Å². The van der Waals surface area contributed by atoms with Gasteiger partial charge in [0, 0.05) is 11.9 Å². The number of aliphatic hydroxyl groups is 1. The predicted octanol–water partition coefficient (Wildman–Crippen LogP) is 2.94. The van der Waals surface area contributed by atoms with Gasteiger partial charge in [0.05, 0.1) is 31.0 Å². The number of aryl methyl sites for hydroxylation is 2. The van der Waals surface area contributed by atoms with E-state index in [-0.39, 0.29) is 12.1 Å². The summed E-state index contributed by atoms with van der Waals surface area (Å²) >= 11 is 0. The monoisotopic (exact) mass is 340 g/mol. The van der Waals surface area contributed by atoms with Gasteiger partial charge in [0.2, 0.25) is 0 Å². The number of hydrogen-bond acceptors (Lipinski definition) is 3. The SMILES string of the molecule is C[C@H](O)C[C@@H]1COCCN1C(=O)Nc1ccc2c3c(cccc13)CC2. The minimum atomic E-state index is -0.459. The van der Waals surface area contributed by atoms with Crippen LogP contribution in [0.3, 0.4) is 0 Å². The van der Waals surface area contributed by atoms with Crippen LogP contribution in [0.5, 0.6) is 0 Å². The molecule has 0 radical (unpaired) electrons. The molecule has 0 unspecified atom stereocenters. The van der Waals surface area contributed by atoms with E-state index in [0.717, 1.165) is 23.9 Å². The van der Waals surface area contributed by atoms with Crippen LogP contribution in [-0.2, 0) is 17.6 Å². The van der Waals surface area contributed by atoms with Crippen LogP contribution in [0.2, 0.25) is 0 Å². The molecule has 1 aliphatic carbocycles.